The molecule has 0 aliphatic carbocycles. The molecule has 1 heterocycles. The van der Waals surface area contributed by atoms with E-state index in [-0.39, 0.29) is 17.0 Å². The number of nitrogens with zero attached hydrogens (tertiary/aromatic N) is 2. The Kier molecular flexibility index (Phi) is 4.49. The number of hydrogen-bond acceptors (Lipinski definition) is 6. The highest BCUT2D eigenvalue weighted by Gasteiger charge is 2.18. The van der Waals surface area contributed by atoms with Gasteiger partial charge in [0.15, 0.2) is 9.35 Å². The monoisotopic (exact) mass is 298 g/mol. The molecule has 0 amide bonds. The molecule has 0 saturated heterocycles. The van der Waals surface area contributed by atoms with E-state index in [1.54, 1.807) is 25.1 Å². The van der Waals surface area contributed by atoms with E-state index in [2.05, 4.69) is 14.9 Å². The number of benzene rings is 1. The number of esters is 1. The fraction of sp³-hybridized carbons (Fsp3) is 0.250. The summed E-state index contributed by atoms with van der Waals surface area (Å²) in [5, 5.41) is 8.02. The molecule has 0 radical (unpaired) electrons. The zero-order valence-electron chi connectivity index (χ0n) is 10.3. The van der Waals surface area contributed by atoms with E-state index in [1.807, 2.05) is 0 Å². The minimum absolute atomic E-state index is 0.326. The predicted octanol–water partition coefficient (Wildman–Crippen LogP) is 3.00. The van der Waals surface area contributed by atoms with Gasteiger partial charge in [0.1, 0.15) is 11.1 Å². The number of carbonyl (C=O) groups is 1. The van der Waals surface area contributed by atoms with E-state index in [4.69, 9.17) is 0 Å². The van der Waals surface area contributed by atoms with E-state index in [0.29, 0.717) is 14.9 Å². The summed E-state index contributed by atoms with van der Waals surface area (Å²) in [6.07, 6.45) is 0. The summed E-state index contributed by atoms with van der Waals surface area (Å²) in [4.78, 5) is 11.3. The molecule has 0 saturated carbocycles. The second kappa shape index (κ2) is 6.12. The smallest absolute Gasteiger partial charge is 0.318 e. The molecule has 100 valence electrons. The fourth-order valence-electron chi connectivity index (χ4n) is 1.37. The second-order valence-corrected chi connectivity index (χ2v) is 6.20. The molecule has 0 N–H and O–H groups in total. The van der Waals surface area contributed by atoms with Crippen LogP contribution in [0.5, 0.6) is 0 Å². The lowest BCUT2D eigenvalue weighted by Gasteiger charge is -2.04. The highest BCUT2D eigenvalue weighted by atomic mass is 32.2. The first-order valence-electron chi connectivity index (χ1n) is 5.44. The standard InChI is InChI=1S/C12H11FN2O2S2/c1-7(11(16)17-2)18-12-15-14-10(19-12)8-5-3-4-6-9(8)13/h3-7H,1-2H3. The molecule has 0 spiro atoms. The number of aromatic nitrogens is 2. The van der Waals surface area contributed by atoms with Crippen molar-refractivity contribution in [3.63, 3.8) is 0 Å². The van der Waals surface area contributed by atoms with Crippen molar-refractivity contribution >= 4 is 29.1 Å². The van der Waals surface area contributed by atoms with Gasteiger partial charge in [0, 0.05) is 5.56 Å². The molecular weight excluding hydrogens is 287 g/mol. The van der Waals surface area contributed by atoms with Gasteiger partial charge < -0.3 is 4.74 Å². The summed E-state index contributed by atoms with van der Waals surface area (Å²) in [5.41, 5.74) is 0.414. The fourth-order valence-corrected chi connectivity index (χ4v) is 3.42. The van der Waals surface area contributed by atoms with E-state index in [9.17, 15) is 9.18 Å². The Balaban J connectivity index is 2.16. The Labute approximate surface area is 118 Å². The maximum atomic E-state index is 13.6. The quantitative estimate of drug-likeness (QED) is 0.641. The maximum Gasteiger partial charge on any atom is 0.318 e. The topological polar surface area (TPSA) is 52.1 Å². The lowest BCUT2D eigenvalue weighted by atomic mass is 10.2. The third-order valence-electron chi connectivity index (χ3n) is 2.32. The van der Waals surface area contributed by atoms with Crippen molar-refractivity contribution in [2.24, 2.45) is 0 Å². The zero-order chi connectivity index (χ0) is 13.8. The van der Waals surface area contributed by atoms with Crippen molar-refractivity contribution in [3.8, 4) is 10.6 Å². The van der Waals surface area contributed by atoms with Gasteiger partial charge in [-0.05, 0) is 19.1 Å². The lowest BCUT2D eigenvalue weighted by molar-refractivity contribution is -0.139. The maximum absolute atomic E-state index is 13.6. The minimum Gasteiger partial charge on any atom is -0.468 e. The Morgan fingerprint density at radius 1 is 1.42 bits per heavy atom. The summed E-state index contributed by atoms with van der Waals surface area (Å²) >= 11 is 2.49. The van der Waals surface area contributed by atoms with Crippen LogP contribution in [0.25, 0.3) is 10.6 Å². The Bertz CT molecular complexity index is 589. The van der Waals surface area contributed by atoms with Crippen LogP contribution in [0.15, 0.2) is 28.6 Å². The van der Waals surface area contributed by atoms with Crippen LogP contribution in [0.3, 0.4) is 0 Å². The van der Waals surface area contributed by atoms with Crippen molar-refractivity contribution in [2.45, 2.75) is 16.5 Å². The van der Waals surface area contributed by atoms with Crippen LogP contribution in [0, 0.1) is 5.82 Å². The average molecular weight is 298 g/mol. The lowest BCUT2D eigenvalue weighted by Crippen LogP contribution is -2.14. The van der Waals surface area contributed by atoms with Gasteiger partial charge in [0.25, 0.3) is 0 Å². The first kappa shape index (κ1) is 14.0. The first-order chi connectivity index (χ1) is 9.11. The zero-order valence-corrected chi connectivity index (χ0v) is 11.9. The van der Waals surface area contributed by atoms with Crippen molar-refractivity contribution in [3.05, 3.63) is 30.1 Å². The van der Waals surface area contributed by atoms with Crippen molar-refractivity contribution < 1.29 is 13.9 Å². The molecular formula is C12H11FN2O2S2. The normalized spacial score (nSPS) is 12.2. The third-order valence-corrected chi connectivity index (χ3v) is 4.44. The number of rotatable bonds is 4. The highest BCUT2D eigenvalue weighted by Crippen LogP contribution is 2.32. The molecule has 1 unspecified atom stereocenters. The van der Waals surface area contributed by atoms with Gasteiger partial charge in [-0.3, -0.25) is 4.79 Å². The Morgan fingerprint density at radius 2 is 2.16 bits per heavy atom. The van der Waals surface area contributed by atoms with E-state index in [1.165, 1.54) is 36.3 Å². The molecule has 2 rings (SSSR count). The number of hydrogen-bond donors (Lipinski definition) is 0. The Morgan fingerprint density at radius 3 is 2.84 bits per heavy atom. The largest absolute Gasteiger partial charge is 0.468 e. The van der Waals surface area contributed by atoms with Gasteiger partial charge in [-0.15, -0.1) is 10.2 Å². The van der Waals surface area contributed by atoms with Gasteiger partial charge >= 0.3 is 5.97 Å². The van der Waals surface area contributed by atoms with Crippen LogP contribution >= 0.6 is 23.1 Å². The van der Waals surface area contributed by atoms with E-state index >= 15 is 0 Å². The van der Waals surface area contributed by atoms with Gasteiger partial charge in [-0.1, -0.05) is 35.2 Å². The molecule has 19 heavy (non-hydrogen) atoms. The van der Waals surface area contributed by atoms with Crippen molar-refractivity contribution in [2.75, 3.05) is 7.11 Å². The van der Waals surface area contributed by atoms with Crippen molar-refractivity contribution in [1.82, 2.24) is 10.2 Å². The summed E-state index contributed by atoms with van der Waals surface area (Å²) in [6, 6.07) is 6.38. The van der Waals surface area contributed by atoms with Gasteiger partial charge in [-0.25, -0.2) is 4.39 Å². The molecule has 0 bridgehead atoms. The molecule has 0 fully saturated rings. The summed E-state index contributed by atoms with van der Waals surface area (Å²) < 4.78 is 18.8. The summed E-state index contributed by atoms with van der Waals surface area (Å²) in [7, 11) is 1.34. The molecule has 1 aromatic carbocycles. The molecule has 0 aliphatic rings. The third kappa shape index (κ3) is 3.30. The number of methoxy groups -OCH3 is 1. The number of thioether (sulfide) groups is 1. The highest BCUT2D eigenvalue weighted by molar-refractivity contribution is 8.02. The molecule has 7 heteroatoms. The average Bonchev–Trinajstić information content (AvgIpc) is 2.86. The summed E-state index contributed by atoms with van der Waals surface area (Å²) in [5.74, 6) is -0.663. The SMILES string of the molecule is COC(=O)C(C)Sc1nnc(-c2ccccc2F)s1. The second-order valence-electron chi connectivity index (χ2n) is 3.64. The van der Waals surface area contributed by atoms with E-state index < -0.39 is 0 Å². The molecule has 0 aliphatic heterocycles. The minimum atomic E-state index is -0.369. The molecule has 1 atom stereocenters. The number of halogens is 1. The Hall–Kier alpha value is -1.47. The molecule has 1 aromatic heterocycles. The van der Waals surface area contributed by atoms with Gasteiger partial charge in [0.2, 0.25) is 0 Å². The van der Waals surface area contributed by atoms with Crippen LogP contribution in [-0.2, 0) is 9.53 Å². The first-order valence-corrected chi connectivity index (χ1v) is 7.14. The predicted molar refractivity (Wildman–Crippen MR) is 72.6 cm³/mol. The van der Waals surface area contributed by atoms with Crippen LogP contribution in [0.2, 0.25) is 0 Å². The van der Waals surface area contributed by atoms with E-state index in [0.717, 1.165) is 0 Å². The molecule has 2 aromatic rings. The van der Waals surface area contributed by atoms with Gasteiger partial charge in [-0.2, -0.15) is 0 Å². The number of ether oxygens (including phenoxy) is 1. The van der Waals surface area contributed by atoms with Crippen LogP contribution < -0.4 is 0 Å². The summed E-state index contributed by atoms with van der Waals surface area (Å²) in [6.45, 7) is 1.72. The van der Waals surface area contributed by atoms with Crippen LogP contribution in [0.1, 0.15) is 6.92 Å². The number of carbonyl (C=O) groups excluding carboxylic acids is 1. The van der Waals surface area contributed by atoms with Gasteiger partial charge in [0.05, 0.1) is 7.11 Å². The van der Waals surface area contributed by atoms with Crippen LogP contribution in [-0.4, -0.2) is 28.5 Å². The van der Waals surface area contributed by atoms with Crippen LogP contribution in [0.4, 0.5) is 4.39 Å². The van der Waals surface area contributed by atoms with Crippen molar-refractivity contribution in [1.29, 1.82) is 0 Å². The molecule has 4 nitrogen and oxygen atoms in total.